The van der Waals surface area contributed by atoms with E-state index in [0.29, 0.717) is 19.5 Å². The second-order valence-corrected chi connectivity index (χ2v) is 5.66. The van der Waals surface area contributed by atoms with Crippen LogP contribution >= 0.6 is 0 Å². The van der Waals surface area contributed by atoms with Gasteiger partial charge >= 0.3 is 5.97 Å². The number of nitrogens with one attached hydrogen (secondary N) is 1. The number of hydrogen-bond donors (Lipinski definition) is 2. The molecule has 1 aromatic carbocycles. The van der Waals surface area contributed by atoms with Gasteiger partial charge in [-0.3, -0.25) is 4.79 Å². The lowest BCUT2D eigenvalue weighted by Crippen LogP contribution is -2.29. The average Bonchev–Trinajstić information content (AvgIpc) is 2.93. The second kappa shape index (κ2) is 6.54. The molecule has 2 N–H and O–H groups in total. The van der Waals surface area contributed by atoms with E-state index in [9.17, 15) is 4.79 Å². The molecule has 0 saturated heterocycles. The van der Waals surface area contributed by atoms with Gasteiger partial charge < -0.3 is 15.0 Å². The second-order valence-electron chi connectivity index (χ2n) is 5.66. The number of para-hydroxylation sites is 1. The minimum atomic E-state index is -0.768. The highest BCUT2D eigenvalue weighted by Gasteiger charge is 2.26. The molecule has 21 heavy (non-hydrogen) atoms. The summed E-state index contributed by atoms with van der Waals surface area (Å²) in [6.07, 6.45) is 4.27. The Morgan fingerprint density at radius 2 is 2.05 bits per heavy atom. The SMILES string of the molecule is CC(C)(CCNCc1nccn1-c1ccccc1)C(=O)O. The molecule has 5 nitrogen and oxygen atoms in total. The van der Waals surface area contributed by atoms with Gasteiger partial charge in [-0.1, -0.05) is 18.2 Å². The van der Waals surface area contributed by atoms with Crippen molar-refractivity contribution in [3.8, 4) is 5.69 Å². The monoisotopic (exact) mass is 287 g/mol. The third kappa shape index (κ3) is 3.92. The molecule has 0 radical (unpaired) electrons. The van der Waals surface area contributed by atoms with E-state index in [0.717, 1.165) is 11.5 Å². The van der Waals surface area contributed by atoms with Gasteiger partial charge in [0.1, 0.15) is 5.82 Å². The van der Waals surface area contributed by atoms with Crippen LogP contribution in [0.2, 0.25) is 0 Å². The Morgan fingerprint density at radius 3 is 2.71 bits per heavy atom. The maximum absolute atomic E-state index is 11.0. The molecule has 0 unspecified atom stereocenters. The highest BCUT2D eigenvalue weighted by molar-refractivity contribution is 5.73. The molecule has 0 fully saturated rings. The minimum Gasteiger partial charge on any atom is -0.481 e. The predicted octanol–water partition coefficient (Wildman–Crippen LogP) is 2.46. The van der Waals surface area contributed by atoms with Gasteiger partial charge in [0.25, 0.3) is 0 Å². The number of nitrogens with zero attached hydrogens (tertiary/aromatic N) is 2. The van der Waals surface area contributed by atoms with Crippen LogP contribution in [0.4, 0.5) is 0 Å². The molecule has 0 amide bonds. The normalized spacial score (nSPS) is 11.5. The van der Waals surface area contributed by atoms with Gasteiger partial charge in [-0.15, -0.1) is 0 Å². The lowest BCUT2D eigenvalue weighted by molar-refractivity contribution is -0.147. The average molecular weight is 287 g/mol. The van der Waals surface area contributed by atoms with E-state index in [1.807, 2.05) is 41.1 Å². The van der Waals surface area contributed by atoms with Crippen molar-refractivity contribution in [3.63, 3.8) is 0 Å². The van der Waals surface area contributed by atoms with Crippen molar-refractivity contribution >= 4 is 5.97 Å². The summed E-state index contributed by atoms with van der Waals surface area (Å²) in [7, 11) is 0. The van der Waals surface area contributed by atoms with Crippen LogP contribution in [-0.2, 0) is 11.3 Å². The maximum atomic E-state index is 11.0. The van der Waals surface area contributed by atoms with Crippen molar-refractivity contribution in [3.05, 3.63) is 48.5 Å². The number of carboxylic acids is 1. The van der Waals surface area contributed by atoms with Crippen LogP contribution in [0.1, 0.15) is 26.1 Å². The van der Waals surface area contributed by atoms with Crippen molar-refractivity contribution < 1.29 is 9.90 Å². The van der Waals surface area contributed by atoms with Crippen molar-refractivity contribution in [1.29, 1.82) is 0 Å². The molecule has 0 aliphatic heterocycles. The molecular weight excluding hydrogens is 266 g/mol. The lowest BCUT2D eigenvalue weighted by Gasteiger charge is -2.19. The molecule has 1 heterocycles. The van der Waals surface area contributed by atoms with E-state index >= 15 is 0 Å². The highest BCUT2D eigenvalue weighted by Crippen LogP contribution is 2.19. The van der Waals surface area contributed by atoms with Crippen LogP contribution < -0.4 is 5.32 Å². The summed E-state index contributed by atoms with van der Waals surface area (Å²) < 4.78 is 2.02. The third-order valence-electron chi connectivity index (χ3n) is 3.54. The predicted molar refractivity (Wildman–Crippen MR) is 81.3 cm³/mol. The molecule has 2 aromatic rings. The summed E-state index contributed by atoms with van der Waals surface area (Å²) in [5.74, 6) is 0.143. The number of aromatic nitrogens is 2. The summed E-state index contributed by atoms with van der Waals surface area (Å²) >= 11 is 0. The number of aliphatic carboxylic acids is 1. The third-order valence-corrected chi connectivity index (χ3v) is 3.54. The zero-order valence-electron chi connectivity index (χ0n) is 12.4. The number of carboxylic acid groups (broad SMARTS) is 1. The van der Waals surface area contributed by atoms with Gasteiger partial charge in [0.15, 0.2) is 0 Å². The van der Waals surface area contributed by atoms with Crippen molar-refractivity contribution in [2.24, 2.45) is 5.41 Å². The molecule has 0 aliphatic carbocycles. The Balaban J connectivity index is 1.91. The summed E-state index contributed by atoms with van der Waals surface area (Å²) in [6.45, 7) is 4.72. The molecule has 0 bridgehead atoms. The molecule has 0 spiro atoms. The van der Waals surface area contributed by atoms with E-state index < -0.39 is 11.4 Å². The number of hydrogen-bond acceptors (Lipinski definition) is 3. The number of benzene rings is 1. The van der Waals surface area contributed by atoms with Crippen molar-refractivity contribution in [1.82, 2.24) is 14.9 Å². The largest absolute Gasteiger partial charge is 0.481 e. The van der Waals surface area contributed by atoms with Gasteiger partial charge in [0.05, 0.1) is 12.0 Å². The Kier molecular flexibility index (Phi) is 4.75. The Morgan fingerprint density at radius 1 is 1.33 bits per heavy atom. The van der Waals surface area contributed by atoms with E-state index in [1.54, 1.807) is 20.0 Å². The molecule has 2 rings (SSSR count). The zero-order valence-corrected chi connectivity index (χ0v) is 12.4. The number of carbonyl (C=O) groups is 1. The smallest absolute Gasteiger partial charge is 0.309 e. The fourth-order valence-electron chi connectivity index (χ4n) is 2.00. The lowest BCUT2D eigenvalue weighted by atomic mass is 9.90. The summed E-state index contributed by atoms with van der Waals surface area (Å²) in [5.41, 5.74) is 0.361. The van der Waals surface area contributed by atoms with Gasteiger partial charge in [-0.25, -0.2) is 4.98 Å². The first kappa shape index (κ1) is 15.3. The summed E-state index contributed by atoms with van der Waals surface area (Å²) in [4.78, 5) is 15.4. The Bertz CT molecular complexity index is 591. The Hall–Kier alpha value is -2.14. The fourth-order valence-corrected chi connectivity index (χ4v) is 2.00. The molecule has 0 saturated carbocycles. The summed E-state index contributed by atoms with van der Waals surface area (Å²) in [5, 5.41) is 12.3. The van der Waals surface area contributed by atoms with Crippen molar-refractivity contribution in [2.75, 3.05) is 6.54 Å². The van der Waals surface area contributed by atoms with E-state index in [-0.39, 0.29) is 0 Å². The van der Waals surface area contributed by atoms with Crippen LogP contribution in [0.3, 0.4) is 0 Å². The van der Waals surface area contributed by atoms with Crippen LogP contribution in [0.25, 0.3) is 5.69 Å². The zero-order chi connectivity index (χ0) is 15.3. The molecule has 0 aliphatic rings. The van der Waals surface area contributed by atoms with E-state index in [1.165, 1.54) is 0 Å². The van der Waals surface area contributed by atoms with Crippen LogP contribution in [-0.4, -0.2) is 27.2 Å². The summed E-state index contributed by atoms with van der Waals surface area (Å²) in [6, 6.07) is 10.0. The highest BCUT2D eigenvalue weighted by atomic mass is 16.4. The number of imidazole rings is 1. The minimum absolute atomic E-state index is 0.578. The van der Waals surface area contributed by atoms with Gasteiger partial charge in [-0.05, 0) is 38.9 Å². The van der Waals surface area contributed by atoms with E-state index in [4.69, 9.17) is 5.11 Å². The van der Waals surface area contributed by atoms with Crippen LogP contribution in [0.15, 0.2) is 42.7 Å². The number of rotatable bonds is 7. The first-order valence-electron chi connectivity index (χ1n) is 7.02. The first-order chi connectivity index (χ1) is 10.0. The maximum Gasteiger partial charge on any atom is 0.309 e. The molecule has 5 heteroatoms. The quantitative estimate of drug-likeness (QED) is 0.768. The molecular formula is C16H21N3O2. The molecule has 0 atom stereocenters. The van der Waals surface area contributed by atoms with Gasteiger partial charge in [0, 0.05) is 18.1 Å². The van der Waals surface area contributed by atoms with Gasteiger partial charge in [-0.2, -0.15) is 0 Å². The first-order valence-corrected chi connectivity index (χ1v) is 7.02. The standard InChI is InChI=1S/C16H21N3O2/c1-16(2,15(20)21)8-9-17-12-14-18-10-11-19(14)13-6-4-3-5-7-13/h3-7,10-11,17H,8-9,12H2,1-2H3,(H,20,21). The Labute approximate surface area is 124 Å². The van der Waals surface area contributed by atoms with E-state index in [2.05, 4.69) is 10.3 Å². The van der Waals surface area contributed by atoms with Crippen LogP contribution in [0.5, 0.6) is 0 Å². The molecule has 1 aromatic heterocycles. The fraction of sp³-hybridized carbons (Fsp3) is 0.375. The van der Waals surface area contributed by atoms with Gasteiger partial charge in [0.2, 0.25) is 0 Å². The molecule has 112 valence electrons. The van der Waals surface area contributed by atoms with Crippen LogP contribution in [0, 0.1) is 5.41 Å². The topological polar surface area (TPSA) is 67.2 Å². The van der Waals surface area contributed by atoms with Crippen molar-refractivity contribution in [2.45, 2.75) is 26.8 Å².